The Hall–Kier alpha value is -5.23. The third kappa shape index (κ3) is 17.4. The van der Waals surface area contributed by atoms with Crippen molar-refractivity contribution >= 4 is 67.1 Å². The van der Waals surface area contributed by atoms with E-state index >= 15 is 0 Å². The average molecular weight is 1050 g/mol. The summed E-state index contributed by atoms with van der Waals surface area (Å²) in [5.74, 6) is 2.82. The normalized spacial score (nSPS) is 13.7. The molecule has 10 nitrogen and oxygen atoms in total. The summed E-state index contributed by atoms with van der Waals surface area (Å²) in [5, 5.41) is 19.6. The highest BCUT2D eigenvalue weighted by Crippen LogP contribution is 2.49. The fourth-order valence-corrected chi connectivity index (χ4v) is 10.7. The monoisotopic (exact) mass is 1050 g/mol. The average Bonchev–Trinajstić information content (AvgIpc) is 3.96. The first-order valence-electron chi connectivity index (χ1n) is 26.8. The Morgan fingerprint density at radius 3 is 1.51 bits per heavy atom. The number of benzene rings is 1. The van der Waals surface area contributed by atoms with Gasteiger partial charge in [0.05, 0.1) is 52.5 Å². The molecule has 0 N–H and O–H groups in total. The van der Waals surface area contributed by atoms with E-state index < -0.39 is 13.9 Å². The van der Waals surface area contributed by atoms with Gasteiger partial charge in [0.1, 0.15) is 17.7 Å². The fourth-order valence-electron chi connectivity index (χ4n) is 7.63. The number of unbranched alkanes of at least 4 members (excludes halogenated alkanes) is 7. The van der Waals surface area contributed by atoms with Gasteiger partial charge in [0, 0.05) is 31.0 Å². The molecule has 0 saturated heterocycles. The number of anilines is 1. The van der Waals surface area contributed by atoms with E-state index in [1.165, 1.54) is 29.9 Å². The Morgan fingerprint density at radius 2 is 1.10 bits per heavy atom. The Morgan fingerprint density at radius 1 is 0.658 bits per heavy atom. The summed E-state index contributed by atoms with van der Waals surface area (Å²) in [7, 11) is -1.69. The number of nitriles is 2. The molecule has 0 aliphatic carbocycles. The van der Waals surface area contributed by atoms with Crippen LogP contribution >= 0.6 is 22.7 Å². The van der Waals surface area contributed by atoms with E-state index in [0.29, 0.717) is 43.5 Å². The molecule has 0 radical (unpaired) electrons. The second kappa shape index (κ2) is 30.2. The Balaban J connectivity index is 1.69. The van der Waals surface area contributed by atoms with Crippen LogP contribution in [-0.2, 0) is 9.16 Å². The van der Waals surface area contributed by atoms with Crippen molar-refractivity contribution in [2.45, 2.75) is 170 Å². The number of allylic oxidation sites excluding steroid dienone is 1. The molecule has 1 aliphatic heterocycles. The van der Waals surface area contributed by atoms with Crippen molar-refractivity contribution in [3.8, 4) is 35.1 Å². The molecule has 1 aromatic carbocycles. The molecule has 396 valence electrons. The van der Waals surface area contributed by atoms with Gasteiger partial charge >= 0.3 is 0 Å². The van der Waals surface area contributed by atoms with Crippen molar-refractivity contribution in [1.82, 2.24) is 0 Å². The van der Waals surface area contributed by atoms with Gasteiger partial charge in [0.2, 0.25) is 5.70 Å². The molecule has 0 bridgehead atoms. The van der Waals surface area contributed by atoms with Crippen LogP contribution < -0.4 is 23.8 Å². The van der Waals surface area contributed by atoms with Gasteiger partial charge in [-0.25, -0.2) is 4.85 Å². The molecule has 0 fully saturated rings. The van der Waals surface area contributed by atoms with Gasteiger partial charge in [-0.05, 0) is 119 Å². The lowest BCUT2D eigenvalue weighted by Crippen LogP contribution is -2.40. The highest BCUT2D eigenvalue weighted by atomic mass is 32.1. The zero-order valence-corrected chi connectivity index (χ0v) is 48.9. The number of ether oxygens (including phenoxy) is 5. The number of nitrogens with zero attached hydrogens (tertiary/aromatic N) is 4. The molecule has 0 spiro atoms. The zero-order chi connectivity index (χ0) is 53.4. The molecule has 13 heteroatoms. The van der Waals surface area contributed by atoms with E-state index in [0.717, 1.165) is 120 Å². The number of hydrogen-bond acceptors (Lipinski definition) is 11. The lowest BCUT2D eigenvalue weighted by molar-refractivity contribution is 0.0954. The second-order valence-corrected chi connectivity index (χ2v) is 27.4. The van der Waals surface area contributed by atoms with Crippen LogP contribution in [0.5, 0.6) is 23.0 Å². The van der Waals surface area contributed by atoms with Gasteiger partial charge in [-0.3, -0.25) is 0 Å². The largest absolute Gasteiger partial charge is 0.493 e. The minimum Gasteiger partial charge on any atom is -0.493 e. The maximum Gasteiger partial charge on any atom is 0.237 e. The van der Waals surface area contributed by atoms with Crippen LogP contribution in [0.15, 0.2) is 52.9 Å². The van der Waals surface area contributed by atoms with Gasteiger partial charge in [-0.1, -0.05) is 111 Å². The molecule has 0 saturated carbocycles. The summed E-state index contributed by atoms with van der Waals surface area (Å²) in [4.78, 5) is 9.83. The van der Waals surface area contributed by atoms with E-state index in [2.05, 4.69) is 127 Å². The standard InChI is InChI=1S/C60H84N4O6S2Si/c1-14-19-38-65-55-49(33-29-45-27-30-47(31-28-45)64(18-5)37-25-23-24-26-42-69-73(12,13)59(6,7)8)71-51(57(55)67-40-21-16-3)35-36-52-58(68-41-22-17-4)56(66-39-20-15-2)50(72-52)34-32-48-53(63-11)54(46(43-61)44-62)70-60(48,9)10/h27-36H,14-26,37-42H2,1-10,12-13H3/b33-29+,34-32+,36-35+. The van der Waals surface area contributed by atoms with Gasteiger partial charge in [-0.15, -0.1) is 22.7 Å². The first-order chi connectivity index (χ1) is 35.0. The Kier molecular flexibility index (Phi) is 25.0. The van der Waals surface area contributed by atoms with Crippen molar-refractivity contribution in [1.29, 1.82) is 10.5 Å². The van der Waals surface area contributed by atoms with E-state index in [1.807, 2.05) is 38.1 Å². The van der Waals surface area contributed by atoms with E-state index in [1.54, 1.807) is 11.3 Å². The maximum absolute atomic E-state index is 9.65. The molecule has 0 amide bonds. The lowest BCUT2D eigenvalue weighted by atomic mass is 9.97. The zero-order valence-electron chi connectivity index (χ0n) is 46.3. The molecule has 73 heavy (non-hydrogen) atoms. The van der Waals surface area contributed by atoms with Gasteiger partial charge in [-0.2, -0.15) is 10.5 Å². The van der Waals surface area contributed by atoms with Crippen molar-refractivity contribution in [2.75, 3.05) is 51.0 Å². The molecule has 0 unspecified atom stereocenters. The highest BCUT2D eigenvalue weighted by Gasteiger charge is 2.39. The van der Waals surface area contributed by atoms with Crippen LogP contribution in [-0.4, -0.2) is 60.0 Å². The Bertz CT molecular complexity index is 2490. The van der Waals surface area contributed by atoms with Crippen LogP contribution in [0.2, 0.25) is 18.1 Å². The van der Waals surface area contributed by atoms with Crippen molar-refractivity contribution < 1.29 is 28.1 Å². The van der Waals surface area contributed by atoms with Crippen molar-refractivity contribution in [2.24, 2.45) is 0 Å². The molecule has 3 heterocycles. The summed E-state index contributed by atoms with van der Waals surface area (Å²) in [6.07, 6.45) is 24.5. The molecule has 3 aromatic rings. The first-order valence-corrected chi connectivity index (χ1v) is 31.3. The molecule has 0 atom stereocenters. The minimum absolute atomic E-state index is 0.00948. The van der Waals surface area contributed by atoms with E-state index in [9.17, 15) is 10.5 Å². The van der Waals surface area contributed by atoms with Crippen LogP contribution in [0.3, 0.4) is 0 Å². The van der Waals surface area contributed by atoms with E-state index in [4.69, 9.17) is 34.7 Å². The summed E-state index contributed by atoms with van der Waals surface area (Å²) in [6.45, 7) is 39.1. The van der Waals surface area contributed by atoms with Crippen molar-refractivity contribution in [3.05, 3.63) is 89.4 Å². The fraction of sp³-hybridized carbons (Fsp3) is 0.550. The summed E-state index contributed by atoms with van der Waals surface area (Å²) >= 11 is 3.18. The number of rotatable bonds is 32. The highest BCUT2D eigenvalue weighted by molar-refractivity contribution is 7.15. The van der Waals surface area contributed by atoms with Gasteiger partial charge in [0.25, 0.3) is 0 Å². The number of thiophene rings is 2. The third-order valence-electron chi connectivity index (χ3n) is 13.2. The molecular formula is C60H84N4O6S2Si. The molecule has 2 aromatic heterocycles. The Labute approximate surface area is 448 Å². The summed E-state index contributed by atoms with van der Waals surface area (Å²) in [5.41, 5.74) is 1.89. The maximum atomic E-state index is 9.65. The third-order valence-corrected chi connectivity index (χ3v) is 19.9. The molecular weight excluding hydrogens is 965 g/mol. The van der Waals surface area contributed by atoms with Gasteiger partial charge in [0.15, 0.2) is 42.6 Å². The molecule has 1 aliphatic rings. The second-order valence-electron chi connectivity index (χ2n) is 20.4. The van der Waals surface area contributed by atoms with Crippen molar-refractivity contribution in [3.63, 3.8) is 0 Å². The number of hydrogen-bond donors (Lipinski definition) is 0. The van der Waals surface area contributed by atoms with Crippen LogP contribution in [0.1, 0.15) is 171 Å². The smallest absolute Gasteiger partial charge is 0.237 e. The van der Waals surface area contributed by atoms with Gasteiger partial charge < -0.3 is 33.0 Å². The quantitative estimate of drug-likeness (QED) is 0.0261. The lowest BCUT2D eigenvalue weighted by Gasteiger charge is -2.36. The van der Waals surface area contributed by atoms with Crippen LogP contribution in [0.4, 0.5) is 5.69 Å². The minimum atomic E-state index is -1.69. The predicted octanol–water partition coefficient (Wildman–Crippen LogP) is 17.6. The first kappa shape index (κ1) is 60.3. The van der Waals surface area contributed by atoms with Crippen LogP contribution in [0, 0.1) is 29.2 Å². The van der Waals surface area contributed by atoms with E-state index in [-0.39, 0.29) is 22.1 Å². The SMILES string of the molecule is [C-]#[N+]C1=C(/C=C/c2sc(/C=C/c3sc(/C=C/c4ccc(N(CC)CCCCCCO[Si](C)(C)C(C)(C)C)cc4)c(OCCCC)c3OCCCC)c(OCCCC)c2OCCCC)C(C)(C)OC1=C(C#N)C#N. The summed E-state index contributed by atoms with van der Waals surface area (Å²) < 4.78 is 38.8. The molecule has 4 rings (SSSR count). The van der Waals surface area contributed by atoms with Crippen LogP contribution in [0.25, 0.3) is 35.2 Å². The summed E-state index contributed by atoms with van der Waals surface area (Å²) in [6, 6.07) is 12.6. The topological polar surface area (TPSA) is 111 Å². The predicted molar refractivity (Wildman–Crippen MR) is 310 cm³/mol.